The van der Waals surface area contributed by atoms with Gasteiger partial charge >= 0.3 is 0 Å². The molecule has 0 spiro atoms. The zero-order valence-corrected chi connectivity index (χ0v) is 26.7. The fourth-order valence-electron chi connectivity index (χ4n) is 7.49. The highest BCUT2D eigenvalue weighted by Gasteiger charge is 2.23. The van der Waals surface area contributed by atoms with Crippen LogP contribution in [0.1, 0.15) is 18.2 Å². The molecule has 4 heterocycles. The summed E-state index contributed by atoms with van der Waals surface area (Å²) in [5.41, 5.74) is 11.5. The van der Waals surface area contributed by atoms with Crippen molar-refractivity contribution in [3.8, 4) is 22.8 Å². The molecule has 5 nitrogen and oxygen atoms in total. The van der Waals surface area contributed by atoms with E-state index in [2.05, 4.69) is 131 Å². The number of hydrogen-bond donors (Lipinski definition) is 0. The van der Waals surface area contributed by atoms with Gasteiger partial charge in [-0.2, -0.15) is 0 Å². The molecule has 0 saturated carbocycles. The van der Waals surface area contributed by atoms with E-state index < -0.39 is 0 Å². The summed E-state index contributed by atoms with van der Waals surface area (Å²) in [7, 11) is 0. The first-order valence-corrected chi connectivity index (χ1v) is 16.5. The van der Waals surface area contributed by atoms with E-state index in [1.807, 2.05) is 37.3 Å². The van der Waals surface area contributed by atoms with Crippen molar-refractivity contribution in [2.75, 3.05) is 0 Å². The van der Waals surface area contributed by atoms with E-state index in [0.717, 1.165) is 99.8 Å². The molecule has 6 aromatic carbocycles. The summed E-state index contributed by atoms with van der Waals surface area (Å²) in [4.78, 5) is 5.18. The second-order valence-electron chi connectivity index (χ2n) is 12.4. The van der Waals surface area contributed by atoms with Gasteiger partial charge in [-0.05, 0) is 61.5 Å². The fourth-order valence-corrected chi connectivity index (χ4v) is 7.49. The first-order valence-electron chi connectivity index (χ1n) is 16.5. The zero-order valence-electron chi connectivity index (χ0n) is 26.7. The van der Waals surface area contributed by atoms with Crippen LogP contribution in [0.2, 0.25) is 0 Å². The number of nitrogens with zero attached hydrogens (tertiary/aromatic N) is 3. The van der Waals surface area contributed by atoms with Crippen LogP contribution in [-0.4, -0.2) is 14.1 Å². The number of imidazole rings is 1. The van der Waals surface area contributed by atoms with Gasteiger partial charge in [-0.15, -0.1) is 0 Å². The molecule has 0 atom stereocenters. The maximum absolute atomic E-state index is 6.88. The Morgan fingerprint density at radius 3 is 2.16 bits per heavy atom. The van der Waals surface area contributed by atoms with Gasteiger partial charge < -0.3 is 13.4 Å². The normalized spacial score (nSPS) is 12.2. The molecule has 0 aliphatic heterocycles. The van der Waals surface area contributed by atoms with Gasteiger partial charge in [-0.1, -0.05) is 91.5 Å². The Balaban J connectivity index is 1.29. The first kappa shape index (κ1) is 27.5. The maximum atomic E-state index is 6.88. The number of para-hydroxylation sites is 2. The summed E-state index contributed by atoms with van der Waals surface area (Å²) in [5, 5.41) is 5.33. The van der Waals surface area contributed by atoms with Crippen LogP contribution in [0.5, 0.6) is 0 Å². The minimum absolute atomic E-state index is 0.795. The summed E-state index contributed by atoms with van der Waals surface area (Å²) >= 11 is 0. The number of benzene rings is 6. The van der Waals surface area contributed by atoms with Crippen LogP contribution in [0.15, 0.2) is 149 Å². The lowest BCUT2D eigenvalue weighted by Crippen LogP contribution is -1.97. The Hall–Kier alpha value is -6.59. The Kier molecular flexibility index (Phi) is 5.87. The lowest BCUT2D eigenvalue weighted by atomic mass is 10.1. The van der Waals surface area contributed by atoms with Crippen LogP contribution in [0.25, 0.3) is 101 Å². The molecule has 0 radical (unpaired) electrons. The molecule has 10 rings (SSSR count). The standard InChI is InChI=1S/C44H29N3O2/c1-3-13-37-30(4-2)32-21-22-33-35-25-38-36(45-44(27-14-7-5-8-15-27)47(38)28-16-9-6-10-17-28)26-41(35)49-43(33)42(32)46(37)29-20-23-40-34(24-29)31-18-11-12-19-39(31)48-40/h3-26H,2H2,1H3/b13-3-. The highest BCUT2D eigenvalue weighted by Crippen LogP contribution is 2.42. The van der Waals surface area contributed by atoms with Crippen LogP contribution in [0, 0.1) is 0 Å². The van der Waals surface area contributed by atoms with Crippen LogP contribution in [0.3, 0.4) is 0 Å². The van der Waals surface area contributed by atoms with E-state index in [-0.39, 0.29) is 0 Å². The van der Waals surface area contributed by atoms with E-state index in [1.54, 1.807) is 0 Å². The van der Waals surface area contributed by atoms with Crippen LogP contribution >= 0.6 is 0 Å². The van der Waals surface area contributed by atoms with Gasteiger partial charge in [0.2, 0.25) is 0 Å². The molecular formula is C44H29N3O2. The molecule has 5 heteroatoms. The number of allylic oxidation sites excluding steroid dienone is 1. The summed E-state index contributed by atoms with van der Waals surface area (Å²) in [6, 6.07) is 44.1. The van der Waals surface area contributed by atoms with Gasteiger partial charge in [0.05, 0.1) is 22.2 Å². The molecular weight excluding hydrogens is 603 g/mol. The average Bonchev–Trinajstić information content (AvgIpc) is 3.89. The second kappa shape index (κ2) is 10.5. The third-order valence-corrected chi connectivity index (χ3v) is 9.61. The fraction of sp³-hybridized carbons (Fsp3) is 0.0227. The van der Waals surface area contributed by atoms with E-state index in [0.29, 0.717) is 0 Å². The Bertz CT molecular complexity index is 2950. The van der Waals surface area contributed by atoms with E-state index >= 15 is 0 Å². The monoisotopic (exact) mass is 631 g/mol. The number of hydrogen-bond acceptors (Lipinski definition) is 3. The molecule has 0 fully saturated rings. The Labute approximate surface area is 281 Å². The van der Waals surface area contributed by atoms with Crippen molar-refractivity contribution in [3.05, 3.63) is 151 Å². The van der Waals surface area contributed by atoms with Gasteiger partial charge in [0.25, 0.3) is 0 Å². The number of aromatic nitrogens is 3. The van der Waals surface area contributed by atoms with Crippen molar-refractivity contribution < 1.29 is 8.83 Å². The van der Waals surface area contributed by atoms with Crippen LogP contribution < -0.4 is 0 Å². The first-order chi connectivity index (χ1) is 24.2. The molecule has 10 aromatic rings. The van der Waals surface area contributed by atoms with Gasteiger partial charge in [-0.3, -0.25) is 4.57 Å². The molecule has 0 bridgehead atoms. The highest BCUT2D eigenvalue weighted by atomic mass is 16.3. The van der Waals surface area contributed by atoms with E-state index in [1.165, 1.54) is 0 Å². The van der Waals surface area contributed by atoms with Gasteiger partial charge in [0, 0.05) is 55.5 Å². The number of fused-ring (bicyclic) bond motifs is 9. The summed E-state index contributed by atoms with van der Waals surface area (Å²) in [5.74, 6) is 0.892. The van der Waals surface area contributed by atoms with Crippen molar-refractivity contribution in [2.45, 2.75) is 6.92 Å². The van der Waals surface area contributed by atoms with E-state index in [9.17, 15) is 0 Å². The second-order valence-corrected chi connectivity index (χ2v) is 12.4. The average molecular weight is 632 g/mol. The summed E-state index contributed by atoms with van der Waals surface area (Å²) in [6.07, 6.45) is 6.17. The molecule has 0 saturated heterocycles. The SMILES string of the molecule is C=Cc1c(/C=C\C)n(-c2ccc3oc4ccccc4c3c2)c2c1ccc1c3cc4c(cc3oc12)nc(-c1ccccc1)n4-c1ccccc1. The van der Waals surface area contributed by atoms with Crippen molar-refractivity contribution in [1.82, 2.24) is 14.1 Å². The summed E-state index contributed by atoms with van der Waals surface area (Å²) in [6.45, 7) is 6.28. The Morgan fingerprint density at radius 1 is 0.612 bits per heavy atom. The third kappa shape index (κ3) is 3.96. The highest BCUT2D eigenvalue weighted by molar-refractivity contribution is 6.18. The van der Waals surface area contributed by atoms with Gasteiger partial charge in [0.15, 0.2) is 5.58 Å². The topological polar surface area (TPSA) is 49.0 Å². The molecule has 0 aliphatic carbocycles. The van der Waals surface area contributed by atoms with Crippen molar-refractivity contribution in [2.24, 2.45) is 0 Å². The minimum atomic E-state index is 0.795. The molecule has 232 valence electrons. The van der Waals surface area contributed by atoms with Gasteiger partial charge in [-0.25, -0.2) is 4.98 Å². The molecule has 49 heavy (non-hydrogen) atoms. The molecule has 0 aliphatic rings. The number of rotatable bonds is 5. The quantitative estimate of drug-likeness (QED) is 0.190. The van der Waals surface area contributed by atoms with Crippen LogP contribution in [-0.2, 0) is 0 Å². The third-order valence-electron chi connectivity index (χ3n) is 9.61. The predicted octanol–water partition coefficient (Wildman–Crippen LogP) is 12.1. The lowest BCUT2D eigenvalue weighted by molar-refractivity contribution is 0.669. The summed E-state index contributed by atoms with van der Waals surface area (Å²) < 4.78 is 17.6. The van der Waals surface area contributed by atoms with Crippen molar-refractivity contribution in [1.29, 1.82) is 0 Å². The van der Waals surface area contributed by atoms with Crippen molar-refractivity contribution in [3.63, 3.8) is 0 Å². The van der Waals surface area contributed by atoms with Gasteiger partial charge in [0.1, 0.15) is 22.6 Å². The smallest absolute Gasteiger partial charge is 0.160 e. The zero-order chi connectivity index (χ0) is 32.6. The maximum Gasteiger partial charge on any atom is 0.160 e. The van der Waals surface area contributed by atoms with Crippen molar-refractivity contribution >= 4 is 78.0 Å². The molecule has 0 amide bonds. The minimum Gasteiger partial charge on any atom is -0.456 e. The molecule has 0 unspecified atom stereocenters. The Morgan fingerprint density at radius 2 is 1.35 bits per heavy atom. The molecule has 0 N–H and O–H groups in total. The molecule has 4 aromatic heterocycles. The largest absolute Gasteiger partial charge is 0.456 e. The van der Waals surface area contributed by atoms with Crippen LogP contribution in [0.4, 0.5) is 0 Å². The van der Waals surface area contributed by atoms with E-state index in [4.69, 9.17) is 13.8 Å². The predicted molar refractivity (Wildman–Crippen MR) is 203 cm³/mol. The number of furan rings is 2. The lowest BCUT2D eigenvalue weighted by Gasteiger charge is -2.10.